The molecule has 1 aromatic rings. The minimum absolute atomic E-state index is 0.0763. The van der Waals surface area contributed by atoms with E-state index in [2.05, 4.69) is 10.2 Å². The van der Waals surface area contributed by atoms with Gasteiger partial charge in [-0.25, -0.2) is 0 Å². The summed E-state index contributed by atoms with van der Waals surface area (Å²) in [7, 11) is 1.65. The third-order valence-corrected chi connectivity index (χ3v) is 4.32. The van der Waals surface area contributed by atoms with E-state index in [9.17, 15) is 4.79 Å². The number of hydrogen-bond donors (Lipinski definition) is 1. The number of carbonyl (C=O) groups excluding carboxylic acids is 1. The van der Waals surface area contributed by atoms with E-state index in [1.54, 1.807) is 7.11 Å². The van der Waals surface area contributed by atoms with Crippen LogP contribution in [0.2, 0.25) is 0 Å². The van der Waals surface area contributed by atoms with Gasteiger partial charge in [-0.3, -0.25) is 9.69 Å². The van der Waals surface area contributed by atoms with Crippen LogP contribution in [-0.4, -0.2) is 63.9 Å². The number of ether oxygens (including phenoxy) is 3. The summed E-state index contributed by atoms with van der Waals surface area (Å²) in [6, 6.07) is 5.90. The lowest BCUT2D eigenvalue weighted by molar-refractivity contribution is -0.123. The van der Waals surface area contributed by atoms with Gasteiger partial charge in [0, 0.05) is 31.6 Å². The Morgan fingerprint density at radius 3 is 3.00 bits per heavy atom. The number of morpholine rings is 1. The van der Waals surface area contributed by atoms with Gasteiger partial charge < -0.3 is 19.5 Å². The SMILES string of the molecule is COc1ccc2c(c1)OC[C@@H](CNC(=O)CN1CCOCC1)C2. The van der Waals surface area contributed by atoms with E-state index in [-0.39, 0.29) is 5.91 Å². The average Bonchev–Trinajstić information content (AvgIpc) is 2.60. The summed E-state index contributed by atoms with van der Waals surface area (Å²) in [6.45, 7) is 4.80. The standard InChI is InChI=1S/C17H24N2O4/c1-21-15-3-2-14-8-13(12-23-16(14)9-15)10-18-17(20)11-19-4-6-22-7-5-19/h2-3,9,13H,4-8,10-12H2,1H3,(H,18,20)/t13-/m1/s1. The lowest BCUT2D eigenvalue weighted by Crippen LogP contribution is -2.44. The number of amides is 1. The first kappa shape index (κ1) is 16.1. The number of nitrogens with one attached hydrogen (secondary N) is 1. The van der Waals surface area contributed by atoms with Crippen molar-refractivity contribution in [3.63, 3.8) is 0 Å². The lowest BCUT2D eigenvalue weighted by Gasteiger charge is -2.28. The quantitative estimate of drug-likeness (QED) is 0.865. The molecular weight excluding hydrogens is 296 g/mol. The third-order valence-electron chi connectivity index (χ3n) is 4.32. The van der Waals surface area contributed by atoms with Gasteiger partial charge in [0.2, 0.25) is 5.91 Å². The maximum atomic E-state index is 12.0. The zero-order valence-electron chi connectivity index (χ0n) is 13.5. The van der Waals surface area contributed by atoms with Gasteiger partial charge in [0.15, 0.2) is 0 Å². The van der Waals surface area contributed by atoms with E-state index in [1.807, 2.05) is 18.2 Å². The molecule has 1 amide bonds. The van der Waals surface area contributed by atoms with Crippen LogP contribution in [0.1, 0.15) is 5.56 Å². The average molecular weight is 320 g/mol. The zero-order valence-corrected chi connectivity index (χ0v) is 13.5. The van der Waals surface area contributed by atoms with E-state index in [0.29, 0.717) is 38.8 Å². The number of hydrogen-bond acceptors (Lipinski definition) is 5. The van der Waals surface area contributed by atoms with E-state index >= 15 is 0 Å². The molecule has 0 bridgehead atoms. The van der Waals surface area contributed by atoms with Crippen LogP contribution in [0.3, 0.4) is 0 Å². The highest BCUT2D eigenvalue weighted by Gasteiger charge is 2.21. The first-order valence-corrected chi connectivity index (χ1v) is 8.11. The van der Waals surface area contributed by atoms with E-state index < -0.39 is 0 Å². The first-order chi connectivity index (χ1) is 11.2. The Morgan fingerprint density at radius 2 is 2.22 bits per heavy atom. The van der Waals surface area contributed by atoms with Crippen molar-refractivity contribution < 1.29 is 19.0 Å². The summed E-state index contributed by atoms with van der Waals surface area (Å²) in [5.74, 6) is 2.08. The Bertz CT molecular complexity index is 543. The summed E-state index contributed by atoms with van der Waals surface area (Å²) in [4.78, 5) is 14.2. The van der Waals surface area contributed by atoms with Gasteiger partial charge in [0.1, 0.15) is 11.5 Å². The largest absolute Gasteiger partial charge is 0.497 e. The molecule has 6 heteroatoms. The molecular formula is C17H24N2O4. The molecule has 2 heterocycles. The molecule has 1 aromatic carbocycles. The van der Waals surface area contributed by atoms with Crippen LogP contribution >= 0.6 is 0 Å². The van der Waals surface area contributed by atoms with Crippen LogP contribution in [0, 0.1) is 5.92 Å². The highest BCUT2D eigenvalue weighted by atomic mass is 16.5. The van der Waals surface area contributed by atoms with Gasteiger partial charge in [-0.1, -0.05) is 6.07 Å². The zero-order chi connectivity index (χ0) is 16.1. The van der Waals surface area contributed by atoms with Gasteiger partial charge in [-0.05, 0) is 18.1 Å². The monoisotopic (exact) mass is 320 g/mol. The van der Waals surface area contributed by atoms with E-state index in [1.165, 1.54) is 5.56 Å². The van der Waals surface area contributed by atoms with Crippen LogP contribution in [-0.2, 0) is 16.0 Å². The molecule has 0 unspecified atom stereocenters. The topological polar surface area (TPSA) is 60.0 Å². The predicted octanol–water partition coefficient (Wildman–Crippen LogP) is 0.695. The van der Waals surface area contributed by atoms with Crippen molar-refractivity contribution in [1.82, 2.24) is 10.2 Å². The lowest BCUT2D eigenvalue weighted by atomic mass is 9.96. The predicted molar refractivity (Wildman–Crippen MR) is 86.0 cm³/mol. The van der Waals surface area contributed by atoms with Gasteiger partial charge >= 0.3 is 0 Å². The van der Waals surface area contributed by atoms with Crippen molar-refractivity contribution in [1.29, 1.82) is 0 Å². The van der Waals surface area contributed by atoms with E-state index in [0.717, 1.165) is 31.0 Å². The molecule has 23 heavy (non-hydrogen) atoms. The summed E-state index contributed by atoms with van der Waals surface area (Å²) in [6.07, 6.45) is 0.914. The van der Waals surface area contributed by atoms with Crippen molar-refractivity contribution in [3.8, 4) is 11.5 Å². The molecule has 0 aromatic heterocycles. The minimum atomic E-state index is 0.0763. The van der Waals surface area contributed by atoms with Crippen molar-refractivity contribution in [2.24, 2.45) is 5.92 Å². The van der Waals surface area contributed by atoms with Gasteiger partial charge in [-0.2, -0.15) is 0 Å². The Kier molecular flexibility index (Phi) is 5.35. The Morgan fingerprint density at radius 1 is 1.39 bits per heavy atom. The van der Waals surface area contributed by atoms with Gasteiger partial charge in [-0.15, -0.1) is 0 Å². The maximum Gasteiger partial charge on any atom is 0.234 e. The first-order valence-electron chi connectivity index (χ1n) is 8.11. The molecule has 0 aliphatic carbocycles. The van der Waals surface area contributed by atoms with Gasteiger partial charge in [0.05, 0.1) is 33.5 Å². The normalized spacial score (nSPS) is 21.2. The molecule has 1 fully saturated rings. The van der Waals surface area contributed by atoms with Crippen LogP contribution in [0.15, 0.2) is 18.2 Å². The minimum Gasteiger partial charge on any atom is -0.497 e. The molecule has 1 saturated heterocycles. The summed E-state index contributed by atoms with van der Waals surface area (Å²) < 4.78 is 16.3. The van der Waals surface area contributed by atoms with Crippen molar-refractivity contribution >= 4 is 5.91 Å². The van der Waals surface area contributed by atoms with Crippen LogP contribution in [0.5, 0.6) is 11.5 Å². The Balaban J connectivity index is 1.45. The molecule has 126 valence electrons. The van der Waals surface area contributed by atoms with Gasteiger partial charge in [0.25, 0.3) is 0 Å². The second-order valence-corrected chi connectivity index (χ2v) is 6.05. The van der Waals surface area contributed by atoms with Crippen LogP contribution in [0.25, 0.3) is 0 Å². The fourth-order valence-corrected chi connectivity index (χ4v) is 2.95. The summed E-state index contributed by atoms with van der Waals surface area (Å²) in [5, 5.41) is 3.03. The number of carbonyl (C=O) groups is 1. The molecule has 0 radical (unpaired) electrons. The summed E-state index contributed by atoms with van der Waals surface area (Å²) >= 11 is 0. The van der Waals surface area contributed by atoms with Crippen molar-refractivity contribution in [2.75, 3.05) is 53.1 Å². The Labute approximate surface area is 136 Å². The van der Waals surface area contributed by atoms with Crippen molar-refractivity contribution in [2.45, 2.75) is 6.42 Å². The van der Waals surface area contributed by atoms with Crippen LogP contribution in [0.4, 0.5) is 0 Å². The highest BCUT2D eigenvalue weighted by molar-refractivity contribution is 5.78. The smallest absolute Gasteiger partial charge is 0.234 e. The number of fused-ring (bicyclic) bond motifs is 1. The molecule has 0 saturated carbocycles. The third kappa shape index (κ3) is 4.36. The van der Waals surface area contributed by atoms with E-state index in [4.69, 9.17) is 14.2 Å². The second-order valence-electron chi connectivity index (χ2n) is 6.05. The number of rotatable bonds is 5. The highest BCUT2D eigenvalue weighted by Crippen LogP contribution is 2.30. The molecule has 2 aliphatic heterocycles. The molecule has 0 spiro atoms. The summed E-state index contributed by atoms with van der Waals surface area (Å²) in [5.41, 5.74) is 1.17. The number of methoxy groups -OCH3 is 1. The number of nitrogens with zero attached hydrogens (tertiary/aromatic N) is 1. The fourth-order valence-electron chi connectivity index (χ4n) is 2.95. The number of benzene rings is 1. The second kappa shape index (κ2) is 7.66. The molecule has 3 rings (SSSR count). The van der Waals surface area contributed by atoms with Crippen LogP contribution < -0.4 is 14.8 Å². The molecule has 2 aliphatic rings. The molecule has 1 atom stereocenters. The maximum absolute atomic E-state index is 12.0. The Hall–Kier alpha value is -1.79. The van der Waals surface area contributed by atoms with Crippen molar-refractivity contribution in [3.05, 3.63) is 23.8 Å². The fraction of sp³-hybridized carbons (Fsp3) is 0.588. The molecule has 6 nitrogen and oxygen atoms in total. The molecule has 1 N–H and O–H groups in total.